The van der Waals surface area contributed by atoms with Crippen molar-refractivity contribution in [1.29, 1.82) is 0 Å². The fourth-order valence-corrected chi connectivity index (χ4v) is 4.02. The number of carbonyl (C=O) groups is 1. The molecule has 26 heavy (non-hydrogen) atoms. The van der Waals surface area contributed by atoms with Crippen LogP contribution in [0.5, 0.6) is 0 Å². The predicted octanol–water partition coefficient (Wildman–Crippen LogP) is -0.776. The minimum absolute atomic E-state index is 0.0425. The molecule has 1 aliphatic heterocycles. The Balaban J connectivity index is 1.94. The van der Waals surface area contributed by atoms with Gasteiger partial charge in [-0.25, -0.2) is 13.4 Å². The number of likely N-dealkylation sites (N-methyl/N-ethyl adjacent to an activating group) is 1. The fraction of sp³-hybridized carbons (Fsp3) is 0.667. The summed E-state index contributed by atoms with van der Waals surface area (Å²) in [7, 11) is -3.44. The molecular weight excluding hydrogens is 360 g/mol. The van der Waals surface area contributed by atoms with Crippen LogP contribution in [0.25, 0.3) is 0 Å². The standard InChI is InChI=1S/C15H26N6O4S/c1-3-16-14(22)11-18-15(17-4-2)20-6-8-21(9-7-20)26(23,24)12-13-5-10-25-19-13/h5,10H,3-4,6-9,11-12H2,1-2H3,(H,16,22)(H,17,18). The lowest BCUT2D eigenvalue weighted by atomic mass is 10.4. The minimum Gasteiger partial charge on any atom is -0.364 e. The number of nitrogens with zero attached hydrogens (tertiary/aromatic N) is 4. The quantitative estimate of drug-likeness (QED) is 0.466. The SMILES string of the molecule is CCNC(=O)CN=C(NCC)N1CCN(S(=O)(=O)Cc2ccon2)CC1. The van der Waals surface area contributed by atoms with Crippen LogP contribution in [-0.2, 0) is 20.6 Å². The van der Waals surface area contributed by atoms with Crippen LogP contribution in [-0.4, -0.2) is 80.5 Å². The van der Waals surface area contributed by atoms with Crippen LogP contribution < -0.4 is 10.6 Å². The summed E-state index contributed by atoms with van der Waals surface area (Å²) < 4.78 is 31.1. The van der Waals surface area contributed by atoms with Gasteiger partial charge in [-0.05, 0) is 13.8 Å². The second-order valence-corrected chi connectivity index (χ2v) is 7.73. The molecule has 0 unspecified atom stereocenters. The molecule has 0 aliphatic carbocycles. The third-order valence-corrected chi connectivity index (χ3v) is 5.65. The number of carbonyl (C=O) groups excluding carboxylic acids is 1. The Hall–Kier alpha value is -2.14. The Kier molecular flexibility index (Phi) is 7.39. The normalized spacial score (nSPS) is 16.5. The van der Waals surface area contributed by atoms with E-state index in [9.17, 15) is 13.2 Å². The van der Waals surface area contributed by atoms with E-state index < -0.39 is 10.0 Å². The average molecular weight is 386 g/mol. The van der Waals surface area contributed by atoms with Gasteiger partial charge in [0.1, 0.15) is 18.6 Å². The summed E-state index contributed by atoms with van der Waals surface area (Å²) >= 11 is 0. The van der Waals surface area contributed by atoms with Crippen LogP contribution in [0.4, 0.5) is 0 Å². The van der Waals surface area contributed by atoms with Crippen LogP contribution in [0, 0.1) is 0 Å². The number of aliphatic imine (C=N–C) groups is 1. The van der Waals surface area contributed by atoms with Gasteiger partial charge in [0.15, 0.2) is 5.96 Å². The van der Waals surface area contributed by atoms with E-state index in [0.717, 1.165) is 0 Å². The molecule has 1 aromatic rings. The van der Waals surface area contributed by atoms with Crippen LogP contribution in [0.3, 0.4) is 0 Å². The molecule has 0 saturated carbocycles. The molecule has 1 fully saturated rings. The van der Waals surface area contributed by atoms with E-state index in [4.69, 9.17) is 0 Å². The smallest absolute Gasteiger partial charge is 0.241 e. The van der Waals surface area contributed by atoms with E-state index >= 15 is 0 Å². The van der Waals surface area contributed by atoms with Crippen LogP contribution in [0.1, 0.15) is 19.5 Å². The van der Waals surface area contributed by atoms with Crippen molar-refractivity contribution in [3.8, 4) is 0 Å². The Labute approximate surface area is 153 Å². The number of nitrogens with one attached hydrogen (secondary N) is 2. The van der Waals surface area contributed by atoms with Crippen molar-refractivity contribution in [2.24, 2.45) is 4.99 Å². The molecule has 1 amide bonds. The molecule has 0 atom stereocenters. The van der Waals surface area contributed by atoms with Crippen molar-refractivity contribution in [1.82, 2.24) is 25.0 Å². The van der Waals surface area contributed by atoms with Gasteiger partial charge < -0.3 is 20.1 Å². The molecule has 2 rings (SSSR count). The number of rotatable bonds is 7. The van der Waals surface area contributed by atoms with Gasteiger partial charge in [0.2, 0.25) is 15.9 Å². The Morgan fingerprint density at radius 3 is 2.50 bits per heavy atom. The van der Waals surface area contributed by atoms with Crippen molar-refractivity contribution < 1.29 is 17.7 Å². The third-order valence-electron chi connectivity index (χ3n) is 3.83. The summed E-state index contributed by atoms with van der Waals surface area (Å²) in [6.07, 6.45) is 1.36. The predicted molar refractivity (Wildman–Crippen MR) is 96.9 cm³/mol. The zero-order valence-corrected chi connectivity index (χ0v) is 16.0. The lowest BCUT2D eigenvalue weighted by Gasteiger charge is -2.35. The maximum Gasteiger partial charge on any atom is 0.241 e. The fourth-order valence-electron chi connectivity index (χ4n) is 2.59. The Bertz CT molecular complexity index is 696. The van der Waals surface area contributed by atoms with Gasteiger partial charge in [0.25, 0.3) is 0 Å². The molecule has 0 bridgehead atoms. The topological polar surface area (TPSA) is 120 Å². The molecule has 2 N–H and O–H groups in total. The second-order valence-electron chi connectivity index (χ2n) is 5.76. The van der Waals surface area contributed by atoms with Gasteiger partial charge in [0.05, 0.1) is 5.69 Å². The lowest BCUT2D eigenvalue weighted by Crippen LogP contribution is -2.54. The number of sulfonamides is 1. The molecule has 10 nitrogen and oxygen atoms in total. The molecule has 0 aromatic carbocycles. The maximum atomic E-state index is 12.5. The van der Waals surface area contributed by atoms with Crippen molar-refractivity contribution >= 4 is 21.9 Å². The summed E-state index contributed by atoms with van der Waals surface area (Å²) in [6.45, 7) is 6.77. The molecule has 1 aliphatic rings. The first-order valence-electron chi connectivity index (χ1n) is 8.63. The van der Waals surface area contributed by atoms with E-state index in [1.54, 1.807) is 6.07 Å². The van der Waals surface area contributed by atoms with Crippen molar-refractivity contribution in [3.63, 3.8) is 0 Å². The molecule has 146 valence electrons. The summed E-state index contributed by atoms with van der Waals surface area (Å²) in [5.74, 6) is 0.304. The first-order chi connectivity index (χ1) is 12.5. The average Bonchev–Trinajstić information content (AvgIpc) is 3.11. The number of amides is 1. The van der Waals surface area contributed by atoms with Crippen molar-refractivity contribution in [2.75, 3.05) is 45.8 Å². The molecule has 2 heterocycles. The van der Waals surface area contributed by atoms with Crippen LogP contribution in [0.15, 0.2) is 21.8 Å². The van der Waals surface area contributed by atoms with Gasteiger partial charge >= 0.3 is 0 Å². The third kappa shape index (κ3) is 5.70. The maximum absolute atomic E-state index is 12.5. The molecule has 11 heteroatoms. The summed E-state index contributed by atoms with van der Waals surface area (Å²) in [6, 6.07) is 1.55. The monoisotopic (exact) mass is 386 g/mol. The van der Waals surface area contributed by atoms with E-state index in [1.165, 1.54) is 10.6 Å². The highest BCUT2D eigenvalue weighted by Crippen LogP contribution is 2.12. The molecule has 1 saturated heterocycles. The number of hydrogen-bond acceptors (Lipinski definition) is 6. The second kappa shape index (κ2) is 9.53. The zero-order chi connectivity index (χ0) is 19.0. The number of piperazine rings is 1. The summed E-state index contributed by atoms with van der Waals surface area (Å²) in [5, 5.41) is 9.51. The molecule has 1 aromatic heterocycles. The van der Waals surface area contributed by atoms with Gasteiger partial charge in [-0.15, -0.1) is 0 Å². The highest BCUT2D eigenvalue weighted by Gasteiger charge is 2.29. The van der Waals surface area contributed by atoms with E-state index in [0.29, 0.717) is 50.9 Å². The van der Waals surface area contributed by atoms with E-state index in [1.807, 2.05) is 18.7 Å². The van der Waals surface area contributed by atoms with E-state index in [2.05, 4.69) is 25.3 Å². The summed E-state index contributed by atoms with van der Waals surface area (Å²) in [4.78, 5) is 17.9. The van der Waals surface area contributed by atoms with Gasteiger partial charge in [0, 0.05) is 45.3 Å². The first kappa shape index (κ1) is 20.2. The van der Waals surface area contributed by atoms with Crippen molar-refractivity contribution in [2.45, 2.75) is 19.6 Å². The molecular formula is C15H26N6O4S. The highest BCUT2D eigenvalue weighted by molar-refractivity contribution is 7.88. The highest BCUT2D eigenvalue weighted by atomic mass is 32.2. The van der Waals surface area contributed by atoms with Crippen molar-refractivity contribution in [3.05, 3.63) is 18.0 Å². The van der Waals surface area contributed by atoms with E-state index in [-0.39, 0.29) is 18.2 Å². The number of hydrogen-bond donors (Lipinski definition) is 2. The molecule has 0 spiro atoms. The van der Waals surface area contributed by atoms with Gasteiger partial charge in [-0.3, -0.25) is 4.79 Å². The van der Waals surface area contributed by atoms with Crippen LogP contribution >= 0.6 is 0 Å². The number of guanidine groups is 1. The minimum atomic E-state index is -3.44. The number of aromatic nitrogens is 1. The Morgan fingerprint density at radius 2 is 1.92 bits per heavy atom. The Morgan fingerprint density at radius 1 is 1.23 bits per heavy atom. The van der Waals surface area contributed by atoms with Gasteiger partial charge in [-0.2, -0.15) is 4.31 Å². The summed E-state index contributed by atoms with van der Waals surface area (Å²) in [5.41, 5.74) is 0.393. The van der Waals surface area contributed by atoms with Gasteiger partial charge in [-0.1, -0.05) is 5.16 Å². The first-order valence-corrected chi connectivity index (χ1v) is 10.2. The largest absolute Gasteiger partial charge is 0.364 e. The van der Waals surface area contributed by atoms with Crippen LogP contribution in [0.2, 0.25) is 0 Å². The lowest BCUT2D eigenvalue weighted by molar-refractivity contribution is -0.119. The molecule has 0 radical (unpaired) electrons. The zero-order valence-electron chi connectivity index (χ0n) is 15.1.